The summed E-state index contributed by atoms with van der Waals surface area (Å²) >= 11 is 1.74. The summed E-state index contributed by atoms with van der Waals surface area (Å²) in [6, 6.07) is 26.3. The highest BCUT2D eigenvalue weighted by molar-refractivity contribution is 7.98. The molecule has 3 rings (SSSR count). The predicted molar refractivity (Wildman–Crippen MR) is 127 cm³/mol. The van der Waals surface area contributed by atoms with Crippen LogP contribution in [-0.4, -0.2) is 39.3 Å². The summed E-state index contributed by atoms with van der Waals surface area (Å²) in [6.07, 6.45) is 0. The lowest BCUT2D eigenvalue weighted by Crippen LogP contribution is -2.44. The summed E-state index contributed by atoms with van der Waals surface area (Å²) in [7, 11) is -0.937. The van der Waals surface area contributed by atoms with Gasteiger partial charge in [-0.05, 0) is 42.0 Å². The van der Waals surface area contributed by atoms with Crippen molar-refractivity contribution in [2.45, 2.75) is 10.6 Å². The average molecular weight is 456 g/mol. The summed E-state index contributed by atoms with van der Waals surface area (Å²) < 4.78 is 27.6. The minimum atomic E-state index is -3.82. The first-order chi connectivity index (χ1) is 14.9. The number of benzene rings is 3. The van der Waals surface area contributed by atoms with Gasteiger partial charge in [-0.15, -0.1) is 11.8 Å². The lowest BCUT2D eigenvalue weighted by molar-refractivity contribution is -0.114. The number of nitrogens with one attached hydrogen (secondary N) is 1. The zero-order valence-electron chi connectivity index (χ0n) is 17.4. The molecule has 1 amide bonds. The van der Waals surface area contributed by atoms with E-state index in [1.54, 1.807) is 42.1 Å². The third-order valence-electron chi connectivity index (χ3n) is 4.46. The number of hydrogen-bond donors (Lipinski definition) is 1. The van der Waals surface area contributed by atoms with Gasteiger partial charge in [-0.2, -0.15) is 12.7 Å². The number of carbonyl (C=O) groups is 1. The quantitative estimate of drug-likeness (QED) is 0.490. The van der Waals surface area contributed by atoms with Crippen molar-refractivity contribution >= 4 is 39.3 Å². The van der Waals surface area contributed by atoms with Crippen LogP contribution in [0.15, 0.2) is 89.8 Å². The zero-order chi connectivity index (χ0) is 22.3. The largest absolute Gasteiger partial charge is 0.325 e. The van der Waals surface area contributed by atoms with Crippen molar-refractivity contribution in [1.82, 2.24) is 4.31 Å². The third kappa shape index (κ3) is 6.33. The summed E-state index contributed by atoms with van der Waals surface area (Å²) in [5, 5.41) is 2.78. The molecule has 0 aromatic heterocycles. The first-order valence-electron chi connectivity index (χ1n) is 9.68. The molecule has 162 valence electrons. The Balaban J connectivity index is 1.64. The second-order valence-electron chi connectivity index (χ2n) is 6.98. The van der Waals surface area contributed by atoms with Crippen molar-refractivity contribution in [3.8, 4) is 0 Å². The van der Waals surface area contributed by atoms with Gasteiger partial charge in [0.1, 0.15) is 6.54 Å². The van der Waals surface area contributed by atoms with E-state index in [9.17, 15) is 13.2 Å². The van der Waals surface area contributed by atoms with Crippen molar-refractivity contribution in [3.63, 3.8) is 0 Å². The minimum absolute atomic E-state index is 0.323. The summed E-state index contributed by atoms with van der Waals surface area (Å²) in [4.78, 5) is 13.8. The number of anilines is 2. The van der Waals surface area contributed by atoms with Crippen LogP contribution in [0.2, 0.25) is 0 Å². The monoisotopic (exact) mass is 455 g/mol. The second kappa shape index (κ2) is 10.5. The normalized spacial score (nSPS) is 11.3. The van der Waals surface area contributed by atoms with E-state index < -0.39 is 16.1 Å². The van der Waals surface area contributed by atoms with Gasteiger partial charge >= 0.3 is 10.2 Å². The van der Waals surface area contributed by atoms with Crippen molar-refractivity contribution in [2.24, 2.45) is 0 Å². The molecule has 0 unspecified atom stereocenters. The Morgan fingerprint density at radius 3 is 2.03 bits per heavy atom. The van der Waals surface area contributed by atoms with Crippen LogP contribution in [0.25, 0.3) is 0 Å². The van der Waals surface area contributed by atoms with Crippen LogP contribution in [-0.2, 0) is 20.8 Å². The molecule has 3 aromatic rings. The van der Waals surface area contributed by atoms with Crippen LogP contribution in [0.4, 0.5) is 11.4 Å². The number of rotatable bonds is 9. The molecule has 0 spiro atoms. The van der Waals surface area contributed by atoms with Crippen molar-refractivity contribution in [1.29, 1.82) is 0 Å². The molecule has 0 saturated carbocycles. The Bertz CT molecular complexity index is 1090. The van der Waals surface area contributed by atoms with Crippen LogP contribution >= 0.6 is 11.8 Å². The molecule has 0 aliphatic heterocycles. The molecule has 0 saturated heterocycles. The van der Waals surface area contributed by atoms with Crippen LogP contribution in [0, 0.1) is 0 Å². The van der Waals surface area contributed by atoms with E-state index in [-0.39, 0.29) is 6.54 Å². The van der Waals surface area contributed by atoms with Gasteiger partial charge in [0, 0.05) is 30.4 Å². The molecule has 3 aromatic carbocycles. The molecule has 6 nitrogen and oxygen atoms in total. The maximum Gasteiger partial charge on any atom is 0.304 e. The SMILES string of the molecule is CN(C)S(=O)(=O)N(CC(=O)Nc1ccc(CSc2ccccc2)cc1)c1ccccc1. The maximum atomic E-state index is 12.7. The highest BCUT2D eigenvalue weighted by atomic mass is 32.2. The molecule has 0 aliphatic carbocycles. The molecule has 0 bridgehead atoms. The Kier molecular flexibility index (Phi) is 7.73. The van der Waals surface area contributed by atoms with Gasteiger partial charge in [-0.1, -0.05) is 48.5 Å². The maximum absolute atomic E-state index is 12.7. The number of para-hydroxylation sites is 1. The standard InChI is InChI=1S/C23H25N3O3S2/c1-25(2)31(28,29)26(21-9-5-3-6-10-21)17-23(27)24-20-15-13-19(14-16-20)18-30-22-11-7-4-8-12-22/h3-16H,17-18H2,1-2H3,(H,24,27). The van der Waals surface area contributed by atoms with Gasteiger partial charge in [0.15, 0.2) is 0 Å². The van der Waals surface area contributed by atoms with E-state index in [2.05, 4.69) is 17.4 Å². The Morgan fingerprint density at radius 1 is 0.871 bits per heavy atom. The molecule has 0 aliphatic rings. The fourth-order valence-electron chi connectivity index (χ4n) is 2.80. The molecule has 1 N–H and O–H groups in total. The molecular formula is C23H25N3O3S2. The molecule has 0 radical (unpaired) electrons. The topological polar surface area (TPSA) is 69.7 Å². The number of carbonyl (C=O) groups excluding carboxylic acids is 1. The third-order valence-corrected chi connectivity index (χ3v) is 7.36. The van der Waals surface area contributed by atoms with E-state index in [1.807, 2.05) is 42.5 Å². The number of nitrogens with zero attached hydrogens (tertiary/aromatic N) is 2. The fourth-order valence-corrected chi connectivity index (χ4v) is 4.73. The van der Waals surface area contributed by atoms with Gasteiger partial charge in [0.25, 0.3) is 0 Å². The summed E-state index contributed by atoms with van der Waals surface area (Å²) in [5.41, 5.74) is 2.18. The van der Waals surface area contributed by atoms with Crippen molar-refractivity contribution in [2.75, 3.05) is 30.3 Å². The fraction of sp³-hybridized carbons (Fsp3) is 0.174. The van der Waals surface area contributed by atoms with Crippen LogP contribution in [0.3, 0.4) is 0 Å². The lowest BCUT2D eigenvalue weighted by atomic mass is 10.2. The first-order valence-corrected chi connectivity index (χ1v) is 12.1. The Labute approximate surface area is 188 Å². The van der Waals surface area contributed by atoms with E-state index in [0.717, 1.165) is 19.9 Å². The van der Waals surface area contributed by atoms with Crippen molar-refractivity contribution in [3.05, 3.63) is 90.5 Å². The minimum Gasteiger partial charge on any atom is -0.325 e. The van der Waals surface area contributed by atoms with E-state index in [1.165, 1.54) is 19.0 Å². The van der Waals surface area contributed by atoms with Gasteiger partial charge in [-0.25, -0.2) is 4.31 Å². The molecule has 0 heterocycles. The second-order valence-corrected chi connectivity index (χ2v) is 10.1. The van der Waals surface area contributed by atoms with Gasteiger partial charge in [-0.3, -0.25) is 4.79 Å². The number of amides is 1. The molecule has 31 heavy (non-hydrogen) atoms. The van der Waals surface area contributed by atoms with Gasteiger partial charge in [0.2, 0.25) is 5.91 Å². The highest BCUT2D eigenvalue weighted by Crippen LogP contribution is 2.23. The summed E-state index contributed by atoms with van der Waals surface area (Å²) in [5.74, 6) is 0.405. The molecule has 0 fully saturated rings. The van der Waals surface area contributed by atoms with Gasteiger partial charge < -0.3 is 5.32 Å². The molecular weight excluding hydrogens is 430 g/mol. The van der Waals surface area contributed by atoms with Gasteiger partial charge in [0.05, 0.1) is 5.69 Å². The predicted octanol–water partition coefficient (Wildman–Crippen LogP) is 4.23. The molecule has 0 atom stereocenters. The van der Waals surface area contributed by atoms with E-state index in [4.69, 9.17) is 0 Å². The van der Waals surface area contributed by atoms with Crippen LogP contribution < -0.4 is 9.62 Å². The number of hydrogen-bond acceptors (Lipinski definition) is 4. The zero-order valence-corrected chi connectivity index (χ0v) is 19.1. The average Bonchev–Trinajstić information content (AvgIpc) is 2.78. The Hall–Kier alpha value is -2.81. The summed E-state index contributed by atoms with van der Waals surface area (Å²) in [6.45, 7) is -0.323. The van der Waals surface area contributed by atoms with Crippen LogP contribution in [0.1, 0.15) is 5.56 Å². The molecule has 8 heteroatoms. The smallest absolute Gasteiger partial charge is 0.304 e. The number of thioether (sulfide) groups is 1. The van der Waals surface area contributed by atoms with Crippen LogP contribution in [0.5, 0.6) is 0 Å². The van der Waals surface area contributed by atoms with E-state index >= 15 is 0 Å². The first kappa shape index (κ1) is 22.9. The Morgan fingerprint density at radius 2 is 1.45 bits per heavy atom. The lowest BCUT2D eigenvalue weighted by Gasteiger charge is -2.26. The highest BCUT2D eigenvalue weighted by Gasteiger charge is 2.27. The van der Waals surface area contributed by atoms with E-state index in [0.29, 0.717) is 11.4 Å². The van der Waals surface area contributed by atoms with Crippen molar-refractivity contribution < 1.29 is 13.2 Å².